The van der Waals surface area contributed by atoms with E-state index in [-0.39, 0.29) is 0 Å². The van der Waals surface area contributed by atoms with E-state index < -0.39 is 0 Å². The Bertz CT molecular complexity index is 347. The van der Waals surface area contributed by atoms with Gasteiger partial charge in [-0.25, -0.2) is 0 Å². The van der Waals surface area contributed by atoms with Crippen LogP contribution in [0.3, 0.4) is 0 Å². The number of hydrogen-bond donors (Lipinski definition) is 0. The maximum Gasteiger partial charge on any atom is 0.00295 e. The fourth-order valence-electron chi connectivity index (χ4n) is 5.66. The number of rotatable bonds is 0. The molecule has 2 aliphatic heterocycles. The second kappa shape index (κ2) is 2.53. The zero-order valence-electron chi connectivity index (χ0n) is 9.79. The first-order valence-corrected chi connectivity index (χ1v) is 7.70. The summed E-state index contributed by atoms with van der Waals surface area (Å²) in [4.78, 5) is 0. The molecule has 0 nitrogen and oxygen atoms in total. The molecule has 5 aliphatic rings. The van der Waals surface area contributed by atoms with Crippen molar-refractivity contribution in [3.63, 3.8) is 0 Å². The van der Waals surface area contributed by atoms with E-state index in [2.05, 4.69) is 20.4 Å². The third-order valence-electron chi connectivity index (χ3n) is 6.39. The molecule has 0 radical (unpaired) electrons. The Morgan fingerprint density at radius 2 is 2.27 bits per heavy atom. The van der Waals surface area contributed by atoms with Crippen LogP contribution in [-0.2, 0) is 0 Å². The lowest BCUT2D eigenvalue weighted by atomic mass is 9.72. The van der Waals surface area contributed by atoms with Crippen molar-refractivity contribution in [3.05, 3.63) is 12.2 Å². The van der Waals surface area contributed by atoms with Crippen LogP contribution < -0.4 is 0 Å². The van der Waals surface area contributed by atoms with Gasteiger partial charge in [-0.05, 0) is 54.0 Å². The smallest absolute Gasteiger partial charge is 0.00295 e. The van der Waals surface area contributed by atoms with E-state index in [1.165, 1.54) is 21.4 Å². The molecule has 0 N–H and O–H groups in total. The molecule has 0 aromatic rings. The predicted molar refractivity (Wildman–Crippen MR) is 66.6 cm³/mol. The molecule has 82 valence electrons. The van der Waals surface area contributed by atoms with Crippen molar-refractivity contribution in [3.8, 4) is 0 Å². The van der Waals surface area contributed by atoms with Gasteiger partial charge >= 0.3 is 0 Å². The molecule has 8 atom stereocenters. The van der Waals surface area contributed by atoms with Crippen LogP contribution in [0.4, 0.5) is 0 Å². The van der Waals surface area contributed by atoms with Crippen LogP contribution in [0.2, 0.25) is 0 Å². The summed E-state index contributed by atoms with van der Waals surface area (Å²) in [5.41, 5.74) is 4.30. The summed E-state index contributed by atoms with van der Waals surface area (Å²) in [7, 11) is 1.23. The van der Waals surface area contributed by atoms with Gasteiger partial charge in [0.05, 0.1) is 0 Å². The highest BCUT2D eigenvalue weighted by Crippen LogP contribution is 2.74. The SMILES string of the molecule is C=C1CC2CC3PC1C1(C)CC2C3C1C. The number of fused-ring (bicyclic) bond motifs is 1. The van der Waals surface area contributed by atoms with Crippen LogP contribution in [0.5, 0.6) is 0 Å². The van der Waals surface area contributed by atoms with Gasteiger partial charge in [-0.3, -0.25) is 0 Å². The summed E-state index contributed by atoms with van der Waals surface area (Å²) in [6, 6.07) is 0. The van der Waals surface area contributed by atoms with Gasteiger partial charge in [-0.1, -0.05) is 26.0 Å². The summed E-state index contributed by atoms with van der Waals surface area (Å²) in [5.74, 6) is 4.23. The molecule has 0 amide bonds. The Kier molecular flexibility index (Phi) is 1.56. The van der Waals surface area contributed by atoms with Crippen molar-refractivity contribution in [1.82, 2.24) is 0 Å². The molecule has 2 saturated heterocycles. The Labute approximate surface area is 94.7 Å². The quantitative estimate of drug-likeness (QED) is 0.431. The average molecular weight is 220 g/mol. The van der Waals surface area contributed by atoms with Gasteiger partial charge in [-0.15, -0.1) is 8.58 Å². The Hall–Kier alpha value is 0.170. The lowest BCUT2D eigenvalue weighted by molar-refractivity contribution is 0.201. The minimum Gasteiger partial charge on any atom is -0.111 e. The van der Waals surface area contributed by atoms with E-state index in [1.807, 2.05) is 0 Å². The largest absolute Gasteiger partial charge is 0.111 e. The van der Waals surface area contributed by atoms with Crippen LogP contribution >= 0.6 is 8.58 Å². The van der Waals surface area contributed by atoms with Gasteiger partial charge in [0.2, 0.25) is 0 Å². The van der Waals surface area contributed by atoms with Gasteiger partial charge in [0.25, 0.3) is 0 Å². The fraction of sp³-hybridized carbons (Fsp3) is 0.857. The van der Waals surface area contributed by atoms with Gasteiger partial charge in [0.1, 0.15) is 0 Å². The molecule has 5 rings (SSSR count). The number of allylic oxidation sites excluding steroid dienone is 1. The third-order valence-corrected chi connectivity index (χ3v) is 8.84. The minimum atomic E-state index is 0.649. The first kappa shape index (κ1) is 9.23. The van der Waals surface area contributed by atoms with Crippen molar-refractivity contribution >= 4 is 8.58 Å². The van der Waals surface area contributed by atoms with Crippen LogP contribution in [-0.4, -0.2) is 11.3 Å². The molecule has 15 heavy (non-hydrogen) atoms. The van der Waals surface area contributed by atoms with Crippen LogP contribution in [0.15, 0.2) is 12.2 Å². The zero-order valence-corrected chi connectivity index (χ0v) is 10.8. The van der Waals surface area contributed by atoms with Crippen molar-refractivity contribution < 1.29 is 0 Å². The van der Waals surface area contributed by atoms with Crippen molar-refractivity contribution in [2.45, 2.75) is 44.4 Å². The summed E-state index contributed by atoms with van der Waals surface area (Å²) >= 11 is 0. The minimum absolute atomic E-state index is 0.649. The standard InChI is InChI=1S/C14H21P/c1-7-4-9-5-11-12-8(2)14(3,6-10(9)12)13(7)15-11/h8-13,15H,1,4-6H2,2-3H3. The first-order chi connectivity index (χ1) is 7.11. The van der Waals surface area contributed by atoms with Crippen LogP contribution in [0.25, 0.3) is 0 Å². The molecule has 0 aromatic carbocycles. The second-order valence-electron chi connectivity index (χ2n) is 6.80. The van der Waals surface area contributed by atoms with Crippen molar-refractivity contribution in [2.75, 3.05) is 0 Å². The molecule has 3 saturated carbocycles. The Morgan fingerprint density at radius 3 is 3.07 bits per heavy atom. The normalized spacial score (nSPS) is 66.9. The van der Waals surface area contributed by atoms with Crippen molar-refractivity contribution in [1.29, 1.82) is 0 Å². The maximum atomic E-state index is 4.43. The molecule has 0 spiro atoms. The molecule has 3 aliphatic carbocycles. The molecule has 0 aromatic heterocycles. The van der Waals surface area contributed by atoms with Gasteiger partial charge in [-0.2, -0.15) is 0 Å². The average Bonchev–Trinajstić information content (AvgIpc) is 2.47. The maximum absolute atomic E-state index is 4.43. The monoisotopic (exact) mass is 220 g/mol. The highest BCUT2D eigenvalue weighted by atomic mass is 31.1. The van der Waals surface area contributed by atoms with Crippen LogP contribution in [0.1, 0.15) is 33.1 Å². The summed E-state index contributed by atoms with van der Waals surface area (Å²) in [6.07, 6.45) is 4.48. The van der Waals surface area contributed by atoms with E-state index in [4.69, 9.17) is 0 Å². The predicted octanol–water partition coefficient (Wildman–Crippen LogP) is 3.67. The van der Waals surface area contributed by atoms with Crippen molar-refractivity contribution in [2.24, 2.45) is 29.1 Å². The lowest BCUT2D eigenvalue weighted by Gasteiger charge is -2.46. The molecular weight excluding hydrogens is 199 g/mol. The summed E-state index contributed by atoms with van der Waals surface area (Å²) in [6.45, 7) is 9.57. The highest BCUT2D eigenvalue weighted by molar-refractivity contribution is 7.40. The van der Waals surface area contributed by atoms with E-state index in [0.29, 0.717) is 5.41 Å². The van der Waals surface area contributed by atoms with Gasteiger partial charge in [0.15, 0.2) is 0 Å². The second-order valence-corrected chi connectivity index (χ2v) is 8.46. The molecule has 6 bridgehead atoms. The summed E-state index contributed by atoms with van der Waals surface area (Å²) in [5, 5.41) is 0. The van der Waals surface area contributed by atoms with Crippen LogP contribution in [0, 0.1) is 29.1 Å². The number of hydrogen-bond acceptors (Lipinski definition) is 0. The zero-order chi connectivity index (χ0) is 10.4. The van der Waals surface area contributed by atoms with Gasteiger partial charge < -0.3 is 0 Å². The topological polar surface area (TPSA) is 0 Å². The first-order valence-electron chi connectivity index (χ1n) is 6.55. The Morgan fingerprint density at radius 1 is 1.47 bits per heavy atom. The van der Waals surface area contributed by atoms with Gasteiger partial charge in [0, 0.05) is 5.66 Å². The third kappa shape index (κ3) is 0.868. The van der Waals surface area contributed by atoms with E-state index in [0.717, 1.165) is 35.0 Å². The van der Waals surface area contributed by atoms with E-state index in [1.54, 1.807) is 12.0 Å². The molecule has 2 heterocycles. The molecule has 8 unspecified atom stereocenters. The highest BCUT2D eigenvalue weighted by Gasteiger charge is 2.65. The molecule has 5 fully saturated rings. The molecular formula is C14H21P. The van der Waals surface area contributed by atoms with E-state index >= 15 is 0 Å². The van der Waals surface area contributed by atoms with E-state index in [9.17, 15) is 0 Å². The lowest BCUT2D eigenvalue weighted by Crippen LogP contribution is -2.40. The Balaban J connectivity index is 1.93. The molecule has 1 heteroatoms. The fourth-order valence-corrected chi connectivity index (χ4v) is 8.40. The summed E-state index contributed by atoms with van der Waals surface area (Å²) < 4.78 is 0.